The van der Waals surface area contributed by atoms with Gasteiger partial charge in [0, 0.05) is 18.1 Å². The largest absolute Gasteiger partial charge is 0.492 e. The zero-order valence-electron chi connectivity index (χ0n) is 26.4. The highest BCUT2D eigenvalue weighted by atomic mass is 32.2. The van der Waals surface area contributed by atoms with Crippen molar-refractivity contribution in [3.05, 3.63) is 126 Å². The molecule has 46 heavy (non-hydrogen) atoms. The molecule has 10 nitrogen and oxygen atoms in total. The Kier molecular flexibility index (Phi) is 15.0. The Hall–Kier alpha value is -3.62. The highest BCUT2D eigenvalue weighted by Gasteiger charge is 2.22. The molecule has 0 heterocycles. The molecule has 0 unspecified atom stereocenters. The zero-order valence-corrected chi connectivity index (χ0v) is 28.1. The lowest BCUT2D eigenvalue weighted by Gasteiger charge is -2.29. The second kappa shape index (κ2) is 17.9. The summed E-state index contributed by atoms with van der Waals surface area (Å²) in [5.74, 6) is 0.841. The summed E-state index contributed by atoms with van der Waals surface area (Å²) in [5.41, 5.74) is 8.91. The molecular formula is C34H44N2O8S2. The lowest BCUT2D eigenvalue weighted by Crippen LogP contribution is -2.51. The Morgan fingerprint density at radius 3 is 1.54 bits per heavy atom. The summed E-state index contributed by atoms with van der Waals surface area (Å²) >= 11 is 0. The van der Waals surface area contributed by atoms with E-state index in [-0.39, 0.29) is 21.4 Å². The van der Waals surface area contributed by atoms with Crippen LogP contribution in [0.2, 0.25) is 0 Å². The molecule has 0 bridgehead atoms. The molecule has 0 fully saturated rings. The van der Waals surface area contributed by atoms with Crippen LogP contribution in [0.5, 0.6) is 5.75 Å². The van der Waals surface area contributed by atoms with Gasteiger partial charge in [-0.15, -0.1) is 0 Å². The zero-order chi connectivity index (χ0) is 34.4. The first-order chi connectivity index (χ1) is 21.5. The van der Waals surface area contributed by atoms with Crippen LogP contribution >= 0.6 is 0 Å². The molecule has 0 spiro atoms. The second-order valence-electron chi connectivity index (χ2n) is 11.4. The minimum atomic E-state index is -4.02. The fourth-order valence-corrected chi connectivity index (χ4v) is 4.77. The molecule has 0 aliphatic heterocycles. The third-order valence-electron chi connectivity index (χ3n) is 6.58. The fraction of sp³-hybridized carbons (Fsp3) is 0.294. The third kappa shape index (κ3) is 15.1. The topological polar surface area (TPSA) is 176 Å². The smallest absolute Gasteiger partial charge is 0.294 e. The van der Waals surface area contributed by atoms with E-state index in [1.165, 1.54) is 24.3 Å². The molecule has 0 amide bonds. The number of hydrogen-bond donors (Lipinski definition) is 5. The van der Waals surface area contributed by atoms with Gasteiger partial charge >= 0.3 is 0 Å². The van der Waals surface area contributed by atoms with Crippen LogP contribution in [0, 0.1) is 13.8 Å². The second-order valence-corrected chi connectivity index (χ2v) is 14.2. The number of rotatable bonds is 11. The number of aryl methyl sites for hydroxylation is 2. The van der Waals surface area contributed by atoms with Gasteiger partial charge in [0.1, 0.15) is 12.4 Å². The highest BCUT2D eigenvalue weighted by molar-refractivity contribution is 7.86. The van der Waals surface area contributed by atoms with Gasteiger partial charge in [0.2, 0.25) is 0 Å². The standard InChI is InChI=1S/C20H28N2O2.2C7H8O3S/c1-20(2,15-24-17-11-7-4-8-12-17)22-14-19(23)18(21)13-16-9-5-3-6-10-16;2*1-6-2-4-7(5-3-6)11(8,9)10/h3-12,18-19,22-23H,13-15,21H2,1-2H3;2*2-5H,1H3,(H,8,9,10)/t18-,19+;;/m0../s1. The van der Waals surface area contributed by atoms with Crippen molar-refractivity contribution >= 4 is 20.2 Å². The molecule has 4 rings (SSSR count). The van der Waals surface area contributed by atoms with Gasteiger partial charge in [0.15, 0.2) is 0 Å². The number of hydrogen-bond acceptors (Lipinski definition) is 8. The van der Waals surface area contributed by atoms with E-state index in [4.69, 9.17) is 19.6 Å². The Morgan fingerprint density at radius 2 is 1.13 bits per heavy atom. The van der Waals surface area contributed by atoms with Gasteiger partial charge in [-0.25, -0.2) is 0 Å². The maximum Gasteiger partial charge on any atom is 0.294 e. The van der Waals surface area contributed by atoms with Crippen molar-refractivity contribution in [3.63, 3.8) is 0 Å². The molecule has 6 N–H and O–H groups in total. The van der Waals surface area contributed by atoms with Crippen molar-refractivity contribution < 1.29 is 35.8 Å². The van der Waals surface area contributed by atoms with Crippen LogP contribution in [0.25, 0.3) is 0 Å². The molecule has 4 aromatic carbocycles. The molecule has 0 aliphatic carbocycles. The number of ether oxygens (including phenoxy) is 1. The third-order valence-corrected chi connectivity index (χ3v) is 8.31. The molecule has 250 valence electrons. The maximum absolute atomic E-state index is 10.5. The van der Waals surface area contributed by atoms with Crippen LogP contribution < -0.4 is 15.8 Å². The summed E-state index contributed by atoms with van der Waals surface area (Å²) in [6, 6.07) is 31.4. The van der Waals surface area contributed by atoms with Gasteiger partial charge in [0.05, 0.1) is 15.9 Å². The van der Waals surface area contributed by atoms with E-state index in [1.54, 1.807) is 24.3 Å². The summed E-state index contributed by atoms with van der Waals surface area (Å²) in [6.45, 7) is 8.72. The van der Waals surface area contributed by atoms with Gasteiger partial charge < -0.3 is 20.9 Å². The van der Waals surface area contributed by atoms with Crippen LogP contribution in [-0.2, 0) is 26.7 Å². The van der Waals surface area contributed by atoms with Crippen LogP contribution in [0.1, 0.15) is 30.5 Å². The number of nitrogens with two attached hydrogens (primary N) is 1. The van der Waals surface area contributed by atoms with Crippen molar-refractivity contribution in [2.75, 3.05) is 13.2 Å². The number of benzene rings is 4. The maximum atomic E-state index is 10.5. The first-order valence-corrected chi connectivity index (χ1v) is 17.3. The number of nitrogens with one attached hydrogen (secondary N) is 1. The predicted octanol–water partition coefficient (Wildman–Crippen LogP) is 4.85. The van der Waals surface area contributed by atoms with E-state index in [2.05, 4.69) is 5.32 Å². The molecule has 2 atom stereocenters. The number of aliphatic hydroxyl groups is 1. The predicted molar refractivity (Wildman–Crippen MR) is 180 cm³/mol. The van der Waals surface area contributed by atoms with Crippen molar-refractivity contribution in [3.8, 4) is 5.75 Å². The molecule has 0 aromatic heterocycles. The number of β-amino-alcohol motifs (C(OH)–C–C–N with tert-alkyl or cyclic N) is 1. The van der Waals surface area contributed by atoms with Crippen LogP contribution in [0.3, 0.4) is 0 Å². The summed E-state index contributed by atoms with van der Waals surface area (Å²) in [5, 5.41) is 13.6. The van der Waals surface area contributed by atoms with Crippen molar-refractivity contribution in [2.45, 2.75) is 61.6 Å². The van der Waals surface area contributed by atoms with E-state index in [9.17, 15) is 21.9 Å². The van der Waals surface area contributed by atoms with E-state index >= 15 is 0 Å². The minimum absolute atomic E-state index is 0.0666. The Morgan fingerprint density at radius 1 is 0.717 bits per heavy atom. The average molecular weight is 673 g/mol. The molecule has 0 aliphatic rings. The SMILES string of the molecule is CC(C)(COc1ccccc1)NC[C@@H](O)[C@@H](N)Cc1ccccc1.Cc1ccc(S(=O)(=O)O)cc1.Cc1ccc(S(=O)(=O)O)cc1. The lowest BCUT2D eigenvalue weighted by atomic mass is 10.0. The fourth-order valence-electron chi connectivity index (χ4n) is 3.81. The van der Waals surface area contributed by atoms with E-state index < -0.39 is 26.3 Å². The Bertz CT molecular complexity index is 1590. The van der Waals surface area contributed by atoms with E-state index in [0.29, 0.717) is 19.6 Å². The van der Waals surface area contributed by atoms with Gasteiger partial charge in [-0.2, -0.15) is 16.8 Å². The normalized spacial score (nSPS) is 12.9. The molecule has 0 radical (unpaired) electrons. The van der Waals surface area contributed by atoms with E-state index in [0.717, 1.165) is 22.4 Å². The van der Waals surface area contributed by atoms with Crippen molar-refractivity contribution in [1.82, 2.24) is 5.32 Å². The average Bonchev–Trinajstić information content (AvgIpc) is 3.00. The molecule has 0 saturated heterocycles. The quantitative estimate of drug-likeness (QED) is 0.139. The van der Waals surface area contributed by atoms with Crippen molar-refractivity contribution in [1.29, 1.82) is 0 Å². The number of para-hydroxylation sites is 1. The first-order valence-electron chi connectivity index (χ1n) is 14.4. The van der Waals surface area contributed by atoms with Gasteiger partial charge in [0.25, 0.3) is 20.2 Å². The van der Waals surface area contributed by atoms with Gasteiger partial charge in [-0.3, -0.25) is 9.11 Å². The molecular weight excluding hydrogens is 629 g/mol. The summed E-state index contributed by atoms with van der Waals surface area (Å²) in [6.07, 6.45) is 0.0474. The van der Waals surface area contributed by atoms with Crippen LogP contribution in [0.15, 0.2) is 119 Å². The molecule has 12 heteroatoms. The summed E-state index contributed by atoms with van der Waals surface area (Å²) < 4.78 is 64.9. The van der Waals surface area contributed by atoms with Crippen LogP contribution in [0.4, 0.5) is 0 Å². The summed E-state index contributed by atoms with van der Waals surface area (Å²) in [4.78, 5) is -0.133. The Balaban J connectivity index is 0.000000277. The molecule has 4 aromatic rings. The van der Waals surface area contributed by atoms with Gasteiger partial charge in [-0.1, -0.05) is 83.9 Å². The summed E-state index contributed by atoms with van der Waals surface area (Å²) in [7, 11) is -8.04. The minimum Gasteiger partial charge on any atom is -0.492 e. The van der Waals surface area contributed by atoms with Gasteiger partial charge in [-0.05, 0) is 76.1 Å². The number of aliphatic hydroxyl groups excluding tert-OH is 1. The lowest BCUT2D eigenvalue weighted by molar-refractivity contribution is 0.120. The Labute approximate surface area is 272 Å². The van der Waals surface area contributed by atoms with E-state index in [1.807, 2.05) is 88.4 Å². The van der Waals surface area contributed by atoms with Crippen LogP contribution in [-0.4, -0.2) is 61.9 Å². The monoisotopic (exact) mass is 672 g/mol. The highest BCUT2D eigenvalue weighted by Crippen LogP contribution is 2.13. The van der Waals surface area contributed by atoms with Crippen molar-refractivity contribution in [2.24, 2.45) is 5.73 Å². The molecule has 0 saturated carbocycles. The first kappa shape index (κ1) is 38.6.